The van der Waals surface area contributed by atoms with Gasteiger partial charge in [0.05, 0.1) is 5.69 Å². The van der Waals surface area contributed by atoms with Gasteiger partial charge in [0, 0.05) is 13.0 Å². The van der Waals surface area contributed by atoms with Crippen LogP contribution in [0.4, 0.5) is 18.9 Å². The molecule has 0 bridgehead atoms. The van der Waals surface area contributed by atoms with Crippen molar-refractivity contribution < 1.29 is 22.8 Å². The number of rotatable bonds is 2. The van der Waals surface area contributed by atoms with Crippen LogP contribution in [0, 0.1) is 17.6 Å². The molecule has 0 saturated heterocycles. The first-order chi connectivity index (χ1) is 9.38. The number of nitrogens with zero attached hydrogens (tertiary/aromatic N) is 3. The smallest absolute Gasteiger partial charge is 0.281 e. The molecular formula is C11H7F3N4O2. The summed E-state index contributed by atoms with van der Waals surface area (Å²) in [6, 6.07) is 2.44. The Labute approximate surface area is 110 Å². The number of carbonyl (C=O) groups excluding carboxylic acids is 2. The first kappa shape index (κ1) is 13.7. The van der Waals surface area contributed by atoms with E-state index >= 15 is 0 Å². The molecule has 0 radical (unpaired) electrons. The molecule has 20 heavy (non-hydrogen) atoms. The highest BCUT2D eigenvalue weighted by atomic mass is 19.1. The van der Waals surface area contributed by atoms with E-state index in [-0.39, 0.29) is 5.69 Å². The number of benzene rings is 1. The van der Waals surface area contributed by atoms with Gasteiger partial charge in [-0.2, -0.15) is 4.39 Å². The highest BCUT2D eigenvalue weighted by molar-refractivity contribution is 6.03. The van der Waals surface area contributed by atoms with Crippen molar-refractivity contribution in [3.8, 4) is 0 Å². The molecule has 2 rings (SSSR count). The van der Waals surface area contributed by atoms with Gasteiger partial charge >= 0.3 is 0 Å². The van der Waals surface area contributed by atoms with Gasteiger partial charge in [0.25, 0.3) is 17.8 Å². The molecule has 0 fully saturated rings. The van der Waals surface area contributed by atoms with E-state index in [2.05, 4.69) is 10.2 Å². The van der Waals surface area contributed by atoms with Gasteiger partial charge in [-0.3, -0.25) is 9.59 Å². The summed E-state index contributed by atoms with van der Waals surface area (Å²) in [5, 5.41) is 8.41. The number of carbonyl (C=O) groups is 2. The van der Waals surface area contributed by atoms with Crippen molar-refractivity contribution in [2.24, 2.45) is 0 Å². The van der Waals surface area contributed by atoms with E-state index in [1.54, 1.807) is 0 Å². The number of halogens is 3. The molecule has 1 amide bonds. The second-order valence-corrected chi connectivity index (χ2v) is 3.73. The molecule has 1 aromatic heterocycles. The van der Waals surface area contributed by atoms with Crippen LogP contribution in [0.5, 0.6) is 0 Å². The van der Waals surface area contributed by atoms with Crippen LogP contribution in [-0.2, 0) is 0 Å². The summed E-state index contributed by atoms with van der Waals surface area (Å²) in [7, 11) is 0. The predicted molar refractivity (Wildman–Crippen MR) is 60.6 cm³/mol. The van der Waals surface area contributed by atoms with Gasteiger partial charge in [-0.25, -0.2) is 8.78 Å². The quantitative estimate of drug-likeness (QED) is 0.908. The molecule has 1 N–H and O–H groups in total. The van der Waals surface area contributed by atoms with E-state index in [0.29, 0.717) is 10.9 Å². The highest BCUT2D eigenvalue weighted by Gasteiger charge is 2.21. The topological polar surface area (TPSA) is 76.9 Å². The maximum absolute atomic E-state index is 13.3. The van der Waals surface area contributed by atoms with Crippen LogP contribution in [0.25, 0.3) is 0 Å². The maximum atomic E-state index is 13.3. The number of amides is 1. The summed E-state index contributed by atoms with van der Waals surface area (Å²) in [5.74, 6) is -4.94. The molecule has 0 unspecified atom stereocenters. The van der Waals surface area contributed by atoms with Crippen molar-refractivity contribution in [1.29, 1.82) is 0 Å². The average molecular weight is 284 g/mol. The fraction of sp³-hybridized carbons (Fsp3) is 0.0909. The zero-order chi connectivity index (χ0) is 14.9. The monoisotopic (exact) mass is 284 g/mol. The average Bonchev–Trinajstić information content (AvgIpc) is 2.75. The fourth-order valence-electron chi connectivity index (χ4n) is 1.34. The molecule has 0 atom stereocenters. The SMILES string of the molecule is CC(=O)n1nc(F)c(C(=O)Nc2ccc(F)cc2F)n1. The molecule has 9 heteroatoms. The second kappa shape index (κ2) is 5.11. The Balaban J connectivity index is 2.26. The fourth-order valence-corrected chi connectivity index (χ4v) is 1.34. The normalized spacial score (nSPS) is 10.4. The Bertz CT molecular complexity index is 699. The van der Waals surface area contributed by atoms with Crippen molar-refractivity contribution >= 4 is 17.5 Å². The summed E-state index contributed by atoms with van der Waals surface area (Å²) in [6.07, 6.45) is 0. The molecule has 2 aromatic rings. The number of aromatic nitrogens is 3. The van der Waals surface area contributed by atoms with E-state index in [9.17, 15) is 22.8 Å². The molecule has 1 heterocycles. The molecule has 6 nitrogen and oxygen atoms in total. The Kier molecular flexibility index (Phi) is 3.51. The van der Waals surface area contributed by atoms with Crippen LogP contribution in [-0.4, -0.2) is 26.8 Å². The van der Waals surface area contributed by atoms with Gasteiger partial charge in [-0.05, 0) is 12.1 Å². The Morgan fingerprint density at radius 3 is 2.45 bits per heavy atom. The Morgan fingerprint density at radius 2 is 1.90 bits per heavy atom. The van der Waals surface area contributed by atoms with Gasteiger partial charge in [0.1, 0.15) is 11.6 Å². The predicted octanol–water partition coefficient (Wildman–Crippen LogP) is 1.61. The second-order valence-electron chi connectivity index (χ2n) is 3.73. The zero-order valence-electron chi connectivity index (χ0n) is 10.0. The number of hydrogen-bond donors (Lipinski definition) is 1. The first-order valence-corrected chi connectivity index (χ1v) is 5.28. The van der Waals surface area contributed by atoms with Crippen molar-refractivity contribution in [3.63, 3.8) is 0 Å². The van der Waals surface area contributed by atoms with Crippen molar-refractivity contribution in [3.05, 3.63) is 41.5 Å². The largest absolute Gasteiger partial charge is 0.318 e. The third-order valence-corrected chi connectivity index (χ3v) is 2.25. The lowest BCUT2D eigenvalue weighted by Crippen LogP contribution is -2.16. The van der Waals surface area contributed by atoms with Crippen molar-refractivity contribution in [1.82, 2.24) is 15.0 Å². The van der Waals surface area contributed by atoms with Crippen molar-refractivity contribution in [2.45, 2.75) is 6.92 Å². The molecule has 0 saturated carbocycles. The third kappa shape index (κ3) is 2.66. The molecule has 0 spiro atoms. The summed E-state index contributed by atoms with van der Waals surface area (Å²) in [6.45, 7) is 1.07. The summed E-state index contributed by atoms with van der Waals surface area (Å²) in [4.78, 5) is 23.0. The van der Waals surface area contributed by atoms with Gasteiger partial charge in [-0.1, -0.05) is 0 Å². The minimum absolute atomic E-state index is 0.354. The number of nitrogens with one attached hydrogen (secondary N) is 1. The van der Waals surface area contributed by atoms with Gasteiger partial charge in [0.2, 0.25) is 5.69 Å². The molecule has 0 aliphatic carbocycles. The van der Waals surface area contributed by atoms with Gasteiger partial charge in [-0.15, -0.1) is 15.0 Å². The van der Waals surface area contributed by atoms with Gasteiger partial charge < -0.3 is 5.32 Å². The van der Waals surface area contributed by atoms with Crippen LogP contribution in [0.3, 0.4) is 0 Å². The lowest BCUT2D eigenvalue weighted by molar-refractivity contribution is 0.0900. The lowest BCUT2D eigenvalue weighted by Gasteiger charge is -2.04. The highest BCUT2D eigenvalue weighted by Crippen LogP contribution is 2.16. The van der Waals surface area contributed by atoms with E-state index in [0.717, 1.165) is 19.1 Å². The molecular weight excluding hydrogens is 277 g/mol. The van der Waals surface area contributed by atoms with Crippen molar-refractivity contribution in [2.75, 3.05) is 5.32 Å². The molecule has 1 aromatic carbocycles. The Hall–Kier alpha value is -2.71. The number of anilines is 1. The Morgan fingerprint density at radius 1 is 1.20 bits per heavy atom. The van der Waals surface area contributed by atoms with E-state index in [4.69, 9.17) is 0 Å². The summed E-state index contributed by atoms with van der Waals surface area (Å²) in [5.41, 5.74) is -1.13. The maximum Gasteiger partial charge on any atom is 0.281 e. The minimum Gasteiger partial charge on any atom is -0.318 e. The molecule has 0 aliphatic rings. The van der Waals surface area contributed by atoms with Crippen LogP contribution in [0.1, 0.15) is 22.2 Å². The number of hydrogen-bond acceptors (Lipinski definition) is 4. The van der Waals surface area contributed by atoms with Crippen LogP contribution >= 0.6 is 0 Å². The minimum atomic E-state index is -1.28. The van der Waals surface area contributed by atoms with Crippen LogP contribution in [0.15, 0.2) is 18.2 Å². The molecule has 104 valence electrons. The van der Waals surface area contributed by atoms with Crippen LogP contribution in [0.2, 0.25) is 0 Å². The van der Waals surface area contributed by atoms with E-state index in [1.165, 1.54) is 0 Å². The standard InChI is InChI=1S/C11H7F3N4O2/c1-5(19)18-16-9(10(14)17-18)11(20)15-8-3-2-6(12)4-7(8)13/h2-4H,1H3,(H,15,20). The third-order valence-electron chi connectivity index (χ3n) is 2.25. The van der Waals surface area contributed by atoms with Gasteiger partial charge in [0.15, 0.2) is 0 Å². The van der Waals surface area contributed by atoms with E-state index in [1.807, 2.05) is 5.32 Å². The van der Waals surface area contributed by atoms with Crippen LogP contribution < -0.4 is 5.32 Å². The zero-order valence-corrected chi connectivity index (χ0v) is 10.0. The molecule has 0 aliphatic heterocycles. The van der Waals surface area contributed by atoms with E-state index < -0.39 is 35.1 Å². The lowest BCUT2D eigenvalue weighted by atomic mass is 10.3. The summed E-state index contributed by atoms with van der Waals surface area (Å²) < 4.78 is 39.3. The summed E-state index contributed by atoms with van der Waals surface area (Å²) >= 11 is 0. The first-order valence-electron chi connectivity index (χ1n) is 5.28.